The van der Waals surface area contributed by atoms with Crippen molar-refractivity contribution in [1.82, 2.24) is 5.06 Å². The van der Waals surface area contributed by atoms with Crippen LogP contribution < -0.4 is 4.74 Å². The summed E-state index contributed by atoms with van der Waals surface area (Å²) < 4.78 is 5.83. The van der Waals surface area contributed by atoms with Gasteiger partial charge in [0.2, 0.25) is 0 Å². The van der Waals surface area contributed by atoms with E-state index in [1.54, 1.807) is 25.3 Å². The minimum Gasteiger partial charge on any atom is -0.497 e. The summed E-state index contributed by atoms with van der Waals surface area (Å²) in [5.41, 5.74) is 0.557. The third-order valence-corrected chi connectivity index (χ3v) is 3.07. The second kappa shape index (κ2) is 4.84. The Hall–Kier alpha value is -1.07. The molecule has 0 atom stereocenters. The average Bonchev–Trinajstić information content (AvgIpc) is 2.82. The van der Waals surface area contributed by atoms with Gasteiger partial charge in [-0.3, -0.25) is 9.63 Å². The molecule has 1 aromatic rings. The van der Waals surface area contributed by atoms with Crippen molar-refractivity contribution >= 4 is 21.8 Å². The van der Waals surface area contributed by atoms with Gasteiger partial charge in [-0.15, -0.1) is 0 Å². The van der Waals surface area contributed by atoms with Gasteiger partial charge in [0.15, 0.2) is 0 Å². The first-order valence-electron chi connectivity index (χ1n) is 5.00. The van der Waals surface area contributed by atoms with E-state index in [9.17, 15) is 4.79 Å². The standard InChI is InChI=1S/C11H12BrNO3/c1-15-8-3-4-10(12)9(7-8)11(14)13-5-2-6-16-13/h3-4,7H,2,5-6H2,1H3. The van der Waals surface area contributed by atoms with Gasteiger partial charge < -0.3 is 4.74 Å². The maximum absolute atomic E-state index is 12.1. The Morgan fingerprint density at radius 3 is 3.00 bits per heavy atom. The molecule has 0 unspecified atom stereocenters. The molecule has 0 spiro atoms. The molecule has 2 rings (SSSR count). The summed E-state index contributed by atoms with van der Waals surface area (Å²) in [4.78, 5) is 17.3. The highest BCUT2D eigenvalue weighted by atomic mass is 79.9. The molecule has 1 saturated heterocycles. The van der Waals surface area contributed by atoms with Crippen molar-refractivity contribution in [3.63, 3.8) is 0 Å². The van der Waals surface area contributed by atoms with E-state index < -0.39 is 0 Å². The van der Waals surface area contributed by atoms with Gasteiger partial charge in [0, 0.05) is 4.47 Å². The highest BCUT2D eigenvalue weighted by Gasteiger charge is 2.23. The van der Waals surface area contributed by atoms with Gasteiger partial charge in [0.05, 0.1) is 25.8 Å². The smallest absolute Gasteiger partial charge is 0.278 e. The third kappa shape index (κ3) is 2.20. The number of benzene rings is 1. The van der Waals surface area contributed by atoms with E-state index >= 15 is 0 Å². The number of carbonyl (C=O) groups excluding carboxylic acids is 1. The molecule has 1 aromatic carbocycles. The Bertz CT molecular complexity index is 402. The molecule has 1 fully saturated rings. The van der Waals surface area contributed by atoms with E-state index in [4.69, 9.17) is 9.57 Å². The van der Waals surface area contributed by atoms with Gasteiger partial charge in [0.1, 0.15) is 5.75 Å². The summed E-state index contributed by atoms with van der Waals surface area (Å²) in [7, 11) is 1.57. The summed E-state index contributed by atoms with van der Waals surface area (Å²) >= 11 is 3.35. The monoisotopic (exact) mass is 285 g/mol. The van der Waals surface area contributed by atoms with Crippen LogP contribution in [0.4, 0.5) is 0 Å². The fourth-order valence-corrected chi connectivity index (χ4v) is 1.95. The molecule has 0 aliphatic carbocycles. The van der Waals surface area contributed by atoms with E-state index in [0.29, 0.717) is 24.5 Å². The van der Waals surface area contributed by atoms with E-state index in [-0.39, 0.29) is 5.91 Å². The molecule has 0 saturated carbocycles. The minimum absolute atomic E-state index is 0.136. The Kier molecular flexibility index (Phi) is 3.46. The largest absolute Gasteiger partial charge is 0.497 e. The van der Waals surface area contributed by atoms with Crippen LogP contribution >= 0.6 is 15.9 Å². The fraction of sp³-hybridized carbons (Fsp3) is 0.364. The lowest BCUT2D eigenvalue weighted by molar-refractivity contribution is -0.0769. The maximum atomic E-state index is 12.1. The number of rotatable bonds is 2. The average molecular weight is 286 g/mol. The number of hydrogen-bond donors (Lipinski definition) is 0. The predicted octanol–water partition coefficient (Wildman–Crippen LogP) is 2.24. The summed E-state index contributed by atoms with van der Waals surface area (Å²) in [6, 6.07) is 5.29. The van der Waals surface area contributed by atoms with Crippen molar-refractivity contribution in [2.45, 2.75) is 6.42 Å². The number of halogens is 1. The second-order valence-corrected chi connectivity index (χ2v) is 4.29. The minimum atomic E-state index is -0.136. The second-order valence-electron chi connectivity index (χ2n) is 3.44. The molecule has 0 aromatic heterocycles. The molecule has 4 nitrogen and oxygen atoms in total. The van der Waals surface area contributed by atoms with Gasteiger partial charge >= 0.3 is 0 Å². The SMILES string of the molecule is COc1ccc(Br)c(C(=O)N2CCCO2)c1. The summed E-state index contributed by atoms with van der Waals surface area (Å²) in [5, 5.41) is 1.39. The summed E-state index contributed by atoms with van der Waals surface area (Å²) in [6.07, 6.45) is 0.882. The van der Waals surface area contributed by atoms with E-state index in [1.165, 1.54) is 5.06 Å². The predicted molar refractivity (Wildman–Crippen MR) is 62.3 cm³/mol. The van der Waals surface area contributed by atoms with Crippen LogP contribution in [0.2, 0.25) is 0 Å². The molecule has 1 aliphatic heterocycles. The lowest BCUT2D eigenvalue weighted by Gasteiger charge is -2.15. The first-order valence-corrected chi connectivity index (χ1v) is 5.80. The van der Waals surface area contributed by atoms with Crippen molar-refractivity contribution in [2.24, 2.45) is 0 Å². The van der Waals surface area contributed by atoms with Crippen LogP contribution in [-0.2, 0) is 4.84 Å². The van der Waals surface area contributed by atoms with Crippen molar-refractivity contribution < 1.29 is 14.4 Å². The summed E-state index contributed by atoms with van der Waals surface area (Å²) in [6.45, 7) is 1.25. The van der Waals surface area contributed by atoms with Gasteiger partial charge in [0.25, 0.3) is 5.91 Å². The topological polar surface area (TPSA) is 38.8 Å². The fourth-order valence-electron chi connectivity index (χ4n) is 1.54. The van der Waals surface area contributed by atoms with Crippen LogP contribution in [0.3, 0.4) is 0 Å². The van der Waals surface area contributed by atoms with Crippen molar-refractivity contribution in [3.8, 4) is 5.75 Å². The quantitative estimate of drug-likeness (QED) is 0.837. The molecule has 5 heteroatoms. The van der Waals surface area contributed by atoms with Crippen LogP contribution in [0.15, 0.2) is 22.7 Å². The molecule has 1 heterocycles. The molecular weight excluding hydrogens is 274 g/mol. The normalized spacial score (nSPS) is 15.2. The van der Waals surface area contributed by atoms with Crippen LogP contribution in [0.5, 0.6) is 5.75 Å². The number of hydrogen-bond acceptors (Lipinski definition) is 3. The van der Waals surface area contributed by atoms with Crippen LogP contribution in [0.1, 0.15) is 16.8 Å². The number of ether oxygens (including phenoxy) is 1. The number of nitrogens with zero attached hydrogens (tertiary/aromatic N) is 1. The van der Waals surface area contributed by atoms with Gasteiger partial charge in [-0.2, -0.15) is 0 Å². The van der Waals surface area contributed by atoms with Crippen LogP contribution in [-0.4, -0.2) is 31.2 Å². The molecule has 0 radical (unpaired) electrons. The molecule has 0 N–H and O–H groups in total. The van der Waals surface area contributed by atoms with Crippen molar-refractivity contribution in [2.75, 3.05) is 20.3 Å². The van der Waals surface area contributed by atoms with Crippen LogP contribution in [0, 0.1) is 0 Å². The highest BCUT2D eigenvalue weighted by molar-refractivity contribution is 9.10. The van der Waals surface area contributed by atoms with E-state index in [1.807, 2.05) is 0 Å². The Morgan fingerprint density at radius 2 is 2.38 bits per heavy atom. The summed E-state index contributed by atoms with van der Waals surface area (Å²) in [5.74, 6) is 0.522. The van der Waals surface area contributed by atoms with Gasteiger partial charge in [-0.25, -0.2) is 5.06 Å². The molecule has 86 valence electrons. The number of carbonyl (C=O) groups is 1. The maximum Gasteiger partial charge on any atom is 0.278 e. The molecule has 16 heavy (non-hydrogen) atoms. The Balaban J connectivity index is 2.27. The van der Waals surface area contributed by atoms with E-state index in [2.05, 4.69) is 15.9 Å². The highest BCUT2D eigenvalue weighted by Crippen LogP contribution is 2.24. The lowest BCUT2D eigenvalue weighted by atomic mass is 10.2. The van der Waals surface area contributed by atoms with Crippen molar-refractivity contribution in [1.29, 1.82) is 0 Å². The number of amides is 1. The molecule has 1 amide bonds. The number of methoxy groups -OCH3 is 1. The third-order valence-electron chi connectivity index (χ3n) is 2.38. The van der Waals surface area contributed by atoms with Crippen molar-refractivity contribution in [3.05, 3.63) is 28.2 Å². The molecule has 1 aliphatic rings. The van der Waals surface area contributed by atoms with E-state index in [0.717, 1.165) is 10.9 Å². The Labute approximate surface area is 102 Å². The number of hydroxylamine groups is 2. The lowest BCUT2D eigenvalue weighted by Crippen LogP contribution is -2.26. The first-order chi connectivity index (χ1) is 7.72. The zero-order valence-electron chi connectivity index (χ0n) is 8.90. The zero-order valence-corrected chi connectivity index (χ0v) is 10.5. The zero-order chi connectivity index (χ0) is 11.5. The van der Waals surface area contributed by atoms with Gasteiger partial charge in [-0.1, -0.05) is 0 Å². The molecule has 0 bridgehead atoms. The van der Waals surface area contributed by atoms with Gasteiger partial charge in [-0.05, 0) is 40.5 Å². The Morgan fingerprint density at radius 1 is 1.56 bits per heavy atom. The first kappa shape index (κ1) is 11.4. The van der Waals surface area contributed by atoms with Crippen LogP contribution in [0.25, 0.3) is 0 Å². The molecular formula is C11H12BrNO3.